The van der Waals surface area contributed by atoms with Crippen LogP contribution in [-0.2, 0) is 4.79 Å². The van der Waals surface area contributed by atoms with E-state index in [0.29, 0.717) is 35.1 Å². The molecular weight excluding hydrogens is 282 g/mol. The van der Waals surface area contributed by atoms with Crippen molar-refractivity contribution in [3.8, 4) is 0 Å². The van der Waals surface area contributed by atoms with E-state index in [0.717, 1.165) is 0 Å². The number of carbonyl (C=O) groups excluding carboxylic acids is 1. The highest BCUT2D eigenvalue weighted by molar-refractivity contribution is 6.15. The zero-order valence-electron chi connectivity index (χ0n) is 11.9. The molecule has 1 saturated carbocycles. The minimum absolute atomic E-state index is 0.0477. The average molecular weight is 296 g/mol. The van der Waals surface area contributed by atoms with Crippen LogP contribution in [0.5, 0.6) is 0 Å². The first-order valence-corrected chi connectivity index (χ1v) is 7.09. The molecule has 0 radical (unpaired) electrons. The highest BCUT2D eigenvalue weighted by atomic mass is 19.1. The third kappa shape index (κ3) is 3.19. The van der Waals surface area contributed by atoms with Gasteiger partial charge in [-0.15, -0.1) is 0 Å². The summed E-state index contributed by atoms with van der Waals surface area (Å²) in [5, 5.41) is 0. The van der Waals surface area contributed by atoms with Crippen LogP contribution >= 0.6 is 0 Å². The second-order valence-corrected chi connectivity index (χ2v) is 5.28. The zero-order chi connectivity index (χ0) is 15.5. The summed E-state index contributed by atoms with van der Waals surface area (Å²) in [7, 11) is 0. The molecule has 2 aromatic carbocycles. The van der Waals surface area contributed by atoms with Crippen molar-refractivity contribution < 1.29 is 13.6 Å². The quantitative estimate of drug-likeness (QED) is 0.728. The molecule has 0 spiro atoms. The molecule has 0 bridgehead atoms. The van der Waals surface area contributed by atoms with Gasteiger partial charge in [0.2, 0.25) is 0 Å². The van der Waals surface area contributed by atoms with Crippen LogP contribution in [0.1, 0.15) is 24.0 Å². The summed E-state index contributed by atoms with van der Waals surface area (Å²) < 4.78 is 26.4. The van der Waals surface area contributed by atoms with Crippen LogP contribution in [0, 0.1) is 11.6 Å². The summed E-state index contributed by atoms with van der Waals surface area (Å²) in [5.74, 6) is -0.695. The van der Waals surface area contributed by atoms with Crippen molar-refractivity contribution in [2.24, 2.45) is 0 Å². The van der Waals surface area contributed by atoms with Crippen molar-refractivity contribution in [3.63, 3.8) is 0 Å². The van der Waals surface area contributed by atoms with Gasteiger partial charge in [-0.05, 0) is 60.4 Å². The molecule has 1 aliphatic rings. The molecule has 0 saturated heterocycles. The van der Waals surface area contributed by atoms with Crippen LogP contribution in [0.25, 0.3) is 12.2 Å². The molecule has 0 N–H and O–H groups in total. The van der Waals surface area contributed by atoms with E-state index in [9.17, 15) is 13.6 Å². The predicted octanol–water partition coefficient (Wildman–Crippen LogP) is 4.79. The Hall–Kier alpha value is -2.55. The first-order valence-electron chi connectivity index (χ1n) is 7.09. The molecule has 0 aliphatic heterocycles. The van der Waals surface area contributed by atoms with Gasteiger partial charge in [-0.2, -0.15) is 0 Å². The number of halogens is 2. The highest BCUT2D eigenvalue weighted by Gasteiger charge is 2.22. The topological polar surface area (TPSA) is 17.1 Å². The summed E-state index contributed by atoms with van der Waals surface area (Å²) in [6.07, 6.45) is 4.68. The van der Waals surface area contributed by atoms with Crippen LogP contribution in [0.15, 0.2) is 59.7 Å². The second-order valence-electron chi connectivity index (χ2n) is 5.28. The van der Waals surface area contributed by atoms with Gasteiger partial charge in [0.15, 0.2) is 5.78 Å². The summed E-state index contributed by atoms with van der Waals surface area (Å²) in [4.78, 5) is 12.4. The Morgan fingerprint density at radius 2 is 1.23 bits per heavy atom. The van der Waals surface area contributed by atoms with E-state index >= 15 is 0 Å². The van der Waals surface area contributed by atoms with Gasteiger partial charge in [0.25, 0.3) is 0 Å². The van der Waals surface area contributed by atoms with Gasteiger partial charge in [0.1, 0.15) is 11.6 Å². The lowest BCUT2D eigenvalue weighted by Gasteiger charge is -1.98. The molecule has 0 amide bonds. The maximum atomic E-state index is 13.2. The van der Waals surface area contributed by atoms with Gasteiger partial charge in [-0.1, -0.05) is 24.3 Å². The first kappa shape index (κ1) is 14.4. The highest BCUT2D eigenvalue weighted by Crippen LogP contribution is 2.29. The van der Waals surface area contributed by atoms with Gasteiger partial charge in [0.05, 0.1) is 0 Å². The van der Waals surface area contributed by atoms with Crippen LogP contribution in [0.3, 0.4) is 0 Å². The summed E-state index contributed by atoms with van der Waals surface area (Å²) in [6.45, 7) is 0. The number of Topliss-reactive ketones (excluding diaryl/α,β-unsaturated/α-hetero) is 1. The maximum Gasteiger partial charge on any atom is 0.185 e. The summed E-state index contributed by atoms with van der Waals surface area (Å²) >= 11 is 0. The zero-order valence-corrected chi connectivity index (χ0v) is 11.9. The van der Waals surface area contributed by atoms with E-state index in [1.54, 1.807) is 36.4 Å². The molecule has 0 atom stereocenters. The monoisotopic (exact) mass is 296 g/mol. The lowest BCUT2D eigenvalue weighted by Crippen LogP contribution is -1.95. The van der Waals surface area contributed by atoms with E-state index in [4.69, 9.17) is 0 Å². The Kier molecular flexibility index (Phi) is 3.96. The molecule has 0 heterocycles. The van der Waals surface area contributed by atoms with E-state index in [1.165, 1.54) is 24.3 Å². The van der Waals surface area contributed by atoms with Crippen LogP contribution < -0.4 is 0 Å². The smallest absolute Gasteiger partial charge is 0.185 e. The normalized spacial score (nSPS) is 18.4. The first-order chi connectivity index (χ1) is 10.6. The fourth-order valence-electron chi connectivity index (χ4n) is 2.57. The number of benzene rings is 2. The van der Waals surface area contributed by atoms with Crippen molar-refractivity contribution in [1.82, 2.24) is 0 Å². The van der Waals surface area contributed by atoms with Crippen molar-refractivity contribution in [3.05, 3.63) is 82.4 Å². The molecule has 0 aromatic heterocycles. The molecule has 110 valence electrons. The van der Waals surface area contributed by atoms with Gasteiger partial charge < -0.3 is 0 Å². The van der Waals surface area contributed by atoms with Crippen molar-refractivity contribution in [2.75, 3.05) is 0 Å². The molecule has 3 rings (SSSR count). The Morgan fingerprint density at radius 1 is 0.773 bits per heavy atom. The number of rotatable bonds is 2. The molecular formula is C19H14F2O. The lowest BCUT2D eigenvalue weighted by molar-refractivity contribution is -0.111. The number of allylic oxidation sites excluding steroid dienone is 2. The Balaban J connectivity index is 1.86. The van der Waals surface area contributed by atoms with Crippen molar-refractivity contribution in [2.45, 2.75) is 12.8 Å². The molecule has 0 unspecified atom stereocenters. The molecule has 22 heavy (non-hydrogen) atoms. The Labute approximate surface area is 127 Å². The van der Waals surface area contributed by atoms with E-state index < -0.39 is 0 Å². The third-order valence-corrected chi connectivity index (χ3v) is 3.63. The van der Waals surface area contributed by atoms with E-state index in [1.807, 2.05) is 0 Å². The molecule has 3 heteroatoms. The SMILES string of the molecule is O=C1/C(=C/c2cccc(F)c2)CC/C1=C\c1cccc(F)c1. The minimum Gasteiger partial charge on any atom is -0.289 e. The summed E-state index contributed by atoms with van der Waals surface area (Å²) in [5.41, 5.74) is 2.67. The molecule has 1 aliphatic carbocycles. The fourth-order valence-corrected chi connectivity index (χ4v) is 2.57. The largest absolute Gasteiger partial charge is 0.289 e. The van der Waals surface area contributed by atoms with Crippen LogP contribution in [-0.4, -0.2) is 5.78 Å². The van der Waals surface area contributed by atoms with Crippen molar-refractivity contribution in [1.29, 1.82) is 0 Å². The number of hydrogen-bond acceptors (Lipinski definition) is 1. The second kappa shape index (κ2) is 6.06. The lowest BCUT2D eigenvalue weighted by atomic mass is 10.1. The van der Waals surface area contributed by atoms with E-state index in [-0.39, 0.29) is 17.4 Å². The van der Waals surface area contributed by atoms with Gasteiger partial charge in [-0.3, -0.25) is 4.79 Å². The molecule has 2 aromatic rings. The average Bonchev–Trinajstić information content (AvgIpc) is 2.80. The number of carbonyl (C=O) groups is 1. The third-order valence-electron chi connectivity index (χ3n) is 3.63. The molecule has 1 nitrogen and oxygen atoms in total. The van der Waals surface area contributed by atoms with Crippen molar-refractivity contribution >= 4 is 17.9 Å². The number of ketones is 1. The van der Waals surface area contributed by atoms with E-state index in [2.05, 4.69) is 0 Å². The predicted molar refractivity (Wildman–Crippen MR) is 83.0 cm³/mol. The van der Waals surface area contributed by atoms with Gasteiger partial charge >= 0.3 is 0 Å². The summed E-state index contributed by atoms with van der Waals surface area (Å²) in [6, 6.07) is 12.3. The Morgan fingerprint density at radius 3 is 1.64 bits per heavy atom. The molecule has 1 fully saturated rings. The van der Waals surface area contributed by atoms with Gasteiger partial charge in [-0.25, -0.2) is 8.78 Å². The maximum absolute atomic E-state index is 13.2. The Bertz CT molecular complexity index is 722. The fraction of sp³-hybridized carbons (Fsp3) is 0.105. The van der Waals surface area contributed by atoms with Crippen LogP contribution in [0.2, 0.25) is 0 Å². The van der Waals surface area contributed by atoms with Gasteiger partial charge in [0, 0.05) is 11.1 Å². The minimum atomic E-state index is -0.324. The van der Waals surface area contributed by atoms with Crippen LogP contribution in [0.4, 0.5) is 8.78 Å². The standard InChI is InChI=1S/C19H14F2O/c20-17-5-1-3-13(11-17)9-15-7-8-16(19(15)22)10-14-4-2-6-18(21)12-14/h1-6,9-12H,7-8H2/b15-9+,16-10+. The number of hydrogen-bond donors (Lipinski definition) is 0.